The largest absolute Gasteiger partial charge is 0.486 e. The van der Waals surface area contributed by atoms with Crippen LogP contribution < -0.4 is 15.6 Å². The summed E-state index contributed by atoms with van der Waals surface area (Å²) in [5, 5.41) is 8.64. The fraction of sp³-hybridized carbons (Fsp3) is 0.0909. The molecule has 11 heteroatoms. The Morgan fingerprint density at radius 1 is 0.939 bits per heavy atom. The number of nitrogens with zero attached hydrogens (tertiary/aromatic N) is 2. The number of amides is 2. The molecule has 2 aromatic heterocycles. The van der Waals surface area contributed by atoms with E-state index in [1.54, 1.807) is 30.3 Å². The van der Waals surface area contributed by atoms with E-state index >= 15 is 0 Å². The van der Waals surface area contributed by atoms with E-state index in [1.807, 2.05) is 30.3 Å². The lowest BCUT2D eigenvalue weighted by Crippen LogP contribution is -2.42. The summed E-state index contributed by atoms with van der Waals surface area (Å²) in [7, 11) is 0. The summed E-state index contributed by atoms with van der Waals surface area (Å²) in [6.45, 7) is 0.169. The summed E-state index contributed by atoms with van der Waals surface area (Å²) >= 11 is 6.90. The predicted octanol–water partition coefficient (Wildman–Crippen LogP) is 4.12. The minimum absolute atomic E-state index is 0.0409. The third-order valence-electron chi connectivity index (χ3n) is 4.15. The molecule has 0 spiro atoms. The molecule has 0 atom stereocenters. The maximum atomic E-state index is 12.2. The number of benzene rings is 2. The number of nitrogens with one attached hydrogen (secondary N) is 2. The molecular formula is C22H17ClN4O5S. The van der Waals surface area contributed by atoms with Crippen LogP contribution in [0, 0.1) is 0 Å². The average molecular weight is 485 g/mol. The average Bonchev–Trinajstić information content (AvgIpc) is 3.51. The van der Waals surface area contributed by atoms with Crippen molar-refractivity contribution in [3.63, 3.8) is 0 Å². The zero-order valence-corrected chi connectivity index (χ0v) is 18.6. The van der Waals surface area contributed by atoms with Gasteiger partial charge in [0, 0.05) is 10.6 Å². The van der Waals surface area contributed by atoms with E-state index in [1.165, 1.54) is 6.07 Å². The van der Waals surface area contributed by atoms with E-state index < -0.39 is 11.8 Å². The lowest BCUT2D eigenvalue weighted by Gasteiger charge is -2.05. The van der Waals surface area contributed by atoms with E-state index in [0.29, 0.717) is 28.0 Å². The second kappa shape index (κ2) is 10.7. The van der Waals surface area contributed by atoms with Gasteiger partial charge in [-0.15, -0.1) is 10.2 Å². The molecule has 0 unspecified atom stereocenters. The Morgan fingerprint density at radius 2 is 1.73 bits per heavy atom. The highest BCUT2D eigenvalue weighted by Gasteiger charge is 2.14. The summed E-state index contributed by atoms with van der Waals surface area (Å²) in [6, 6.07) is 19.3. The van der Waals surface area contributed by atoms with Crippen molar-refractivity contribution in [3.05, 3.63) is 83.3 Å². The van der Waals surface area contributed by atoms with E-state index in [-0.39, 0.29) is 23.3 Å². The van der Waals surface area contributed by atoms with Gasteiger partial charge < -0.3 is 13.6 Å². The molecular weight excluding hydrogens is 468 g/mol. The maximum absolute atomic E-state index is 12.2. The molecule has 0 saturated heterocycles. The summed E-state index contributed by atoms with van der Waals surface area (Å²) in [4.78, 5) is 24.2. The van der Waals surface area contributed by atoms with Crippen molar-refractivity contribution in [2.75, 3.05) is 5.75 Å². The molecule has 4 rings (SSSR count). The van der Waals surface area contributed by atoms with Crippen molar-refractivity contribution in [2.24, 2.45) is 0 Å². The molecule has 2 heterocycles. The number of furan rings is 1. The second-order valence-corrected chi connectivity index (χ2v) is 7.90. The van der Waals surface area contributed by atoms with Gasteiger partial charge in [-0.1, -0.05) is 41.6 Å². The van der Waals surface area contributed by atoms with Crippen LogP contribution in [0.15, 0.2) is 80.8 Å². The molecule has 4 aromatic rings. The van der Waals surface area contributed by atoms with Gasteiger partial charge in [0.1, 0.15) is 18.1 Å². The van der Waals surface area contributed by atoms with Gasteiger partial charge in [-0.25, -0.2) is 0 Å². The number of halogens is 1. The first-order valence-electron chi connectivity index (χ1n) is 9.65. The number of rotatable bonds is 8. The quantitative estimate of drug-likeness (QED) is 0.283. The minimum Gasteiger partial charge on any atom is -0.486 e. The van der Waals surface area contributed by atoms with Crippen molar-refractivity contribution < 1.29 is 23.2 Å². The summed E-state index contributed by atoms with van der Waals surface area (Å²) in [6.07, 6.45) is 0. The lowest BCUT2D eigenvalue weighted by atomic mass is 10.2. The van der Waals surface area contributed by atoms with Gasteiger partial charge in [0.05, 0.1) is 5.75 Å². The summed E-state index contributed by atoms with van der Waals surface area (Å²) < 4.78 is 16.5. The van der Waals surface area contributed by atoms with Crippen LogP contribution in [0.2, 0.25) is 5.02 Å². The van der Waals surface area contributed by atoms with Gasteiger partial charge in [0.25, 0.3) is 5.22 Å². The zero-order chi connectivity index (χ0) is 23.0. The molecule has 0 saturated carbocycles. The van der Waals surface area contributed by atoms with Crippen LogP contribution in [-0.4, -0.2) is 27.8 Å². The Balaban J connectivity index is 1.20. The lowest BCUT2D eigenvalue weighted by molar-refractivity contribution is -0.119. The van der Waals surface area contributed by atoms with Crippen molar-refractivity contribution in [2.45, 2.75) is 11.8 Å². The molecule has 2 amide bonds. The first-order chi connectivity index (χ1) is 16.1. The Bertz CT molecular complexity index is 1230. The van der Waals surface area contributed by atoms with Gasteiger partial charge in [0.2, 0.25) is 11.8 Å². The van der Waals surface area contributed by atoms with Gasteiger partial charge in [-0.05, 0) is 48.5 Å². The van der Waals surface area contributed by atoms with Crippen LogP contribution in [0.3, 0.4) is 0 Å². The van der Waals surface area contributed by atoms with Crippen LogP contribution >= 0.6 is 23.4 Å². The normalized spacial score (nSPS) is 10.6. The highest BCUT2D eigenvalue weighted by molar-refractivity contribution is 7.99. The predicted molar refractivity (Wildman–Crippen MR) is 121 cm³/mol. The van der Waals surface area contributed by atoms with Crippen molar-refractivity contribution >= 4 is 35.2 Å². The van der Waals surface area contributed by atoms with E-state index in [4.69, 9.17) is 25.2 Å². The molecule has 0 aliphatic rings. The molecule has 33 heavy (non-hydrogen) atoms. The molecule has 168 valence electrons. The smallest absolute Gasteiger partial charge is 0.305 e. The minimum atomic E-state index is -0.595. The molecule has 2 aromatic carbocycles. The Kier molecular flexibility index (Phi) is 7.28. The number of hydrogen-bond donors (Lipinski definition) is 2. The van der Waals surface area contributed by atoms with Gasteiger partial charge in [-0.3, -0.25) is 20.4 Å². The van der Waals surface area contributed by atoms with Gasteiger partial charge in [-0.2, -0.15) is 0 Å². The van der Waals surface area contributed by atoms with Crippen LogP contribution in [0.1, 0.15) is 16.3 Å². The molecule has 0 fully saturated rings. The Morgan fingerprint density at radius 3 is 2.52 bits per heavy atom. The number of ether oxygens (including phenoxy) is 1. The number of thioether (sulfide) groups is 1. The van der Waals surface area contributed by atoms with Gasteiger partial charge in [0.15, 0.2) is 5.76 Å². The topological polar surface area (TPSA) is 119 Å². The number of aromatic nitrogens is 2. The highest BCUT2D eigenvalue weighted by atomic mass is 35.5. The van der Waals surface area contributed by atoms with Crippen molar-refractivity contribution in [1.82, 2.24) is 21.0 Å². The molecule has 0 aliphatic heterocycles. The van der Waals surface area contributed by atoms with E-state index in [9.17, 15) is 9.59 Å². The maximum Gasteiger partial charge on any atom is 0.305 e. The first-order valence-corrected chi connectivity index (χ1v) is 11.0. The fourth-order valence-corrected chi connectivity index (χ4v) is 3.27. The fourth-order valence-electron chi connectivity index (χ4n) is 2.58. The SMILES string of the molecule is O=C(CSc1nnc(-c2ccc(Cl)cc2)o1)NNC(=O)c1ccc(COc2ccccc2)o1. The number of hydrogen-bond acceptors (Lipinski definition) is 8. The number of hydrazine groups is 1. The molecule has 2 N–H and O–H groups in total. The van der Waals surface area contributed by atoms with Crippen LogP contribution in [-0.2, 0) is 11.4 Å². The summed E-state index contributed by atoms with van der Waals surface area (Å²) in [5.74, 6) is 0.411. The van der Waals surface area contributed by atoms with E-state index in [0.717, 1.165) is 11.8 Å². The number of carbonyl (C=O) groups is 2. The summed E-state index contributed by atoms with van der Waals surface area (Å²) in [5.41, 5.74) is 5.31. The second-order valence-electron chi connectivity index (χ2n) is 6.54. The van der Waals surface area contributed by atoms with E-state index in [2.05, 4.69) is 21.0 Å². The standard InChI is InChI=1S/C22H17ClN4O5S/c23-15-8-6-14(7-9-15)21-26-27-22(32-21)33-13-19(28)24-25-20(29)18-11-10-17(31-18)12-30-16-4-2-1-3-5-16/h1-11H,12-13H2,(H,24,28)(H,25,29). The molecule has 0 radical (unpaired) electrons. The third-order valence-corrected chi connectivity index (χ3v) is 5.22. The third kappa shape index (κ3) is 6.37. The Labute approximate surface area is 197 Å². The molecule has 9 nitrogen and oxygen atoms in total. The van der Waals surface area contributed by atoms with Gasteiger partial charge >= 0.3 is 5.91 Å². The number of carbonyl (C=O) groups excluding carboxylic acids is 2. The van der Waals surface area contributed by atoms with Crippen LogP contribution in [0.4, 0.5) is 0 Å². The monoisotopic (exact) mass is 484 g/mol. The molecule has 0 aliphatic carbocycles. The van der Waals surface area contributed by atoms with Crippen molar-refractivity contribution in [3.8, 4) is 17.2 Å². The van der Waals surface area contributed by atoms with Crippen LogP contribution in [0.25, 0.3) is 11.5 Å². The van der Waals surface area contributed by atoms with Crippen molar-refractivity contribution in [1.29, 1.82) is 0 Å². The number of para-hydroxylation sites is 1. The molecule has 0 bridgehead atoms. The Hall–Kier alpha value is -3.76. The first kappa shape index (κ1) is 22.4. The zero-order valence-electron chi connectivity index (χ0n) is 17.0. The van der Waals surface area contributed by atoms with Crippen LogP contribution in [0.5, 0.6) is 5.75 Å². The highest BCUT2D eigenvalue weighted by Crippen LogP contribution is 2.24.